The lowest BCUT2D eigenvalue weighted by Gasteiger charge is -2.09. The van der Waals surface area contributed by atoms with Crippen LogP contribution in [0.1, 0.15) is 17.0 Å². The molecule has 0 aliphatic heterocycles. The molecule has 0 saturated carbocycles. The Hall–Kier alpha value is -3.26. The van der Waals surface area contributed by atoms with E-state index >= 15 is 0 Å². The third-order valence-corrected chi connectivity index (χ3v) is 6.20. The molecule has 1 aromatic carbocycles. The van der Waals surface area contributed by atoms with Crippen LogP contribution in [0.3, 0.4) is 0 Å². The molecule has 0 fully saturated rings. The number of fused-ring (bicyclic) bond motifs is 1. The van der Waals surface area contributed by atoms with Gasteiger partial charge in [-0.15, -0.1) is 11.3 Å². The molecular formula is C21H22N6OS. The average Bonchev–Trinajstić information content (AvgIpc) is 3.18. The van der Waals surface area contributed by atoms with Crippen molar-refractivity contribution in [2.75, 3.05) is 17.2 Å². The Morgan fingerprint density at radius 3 is 2.59 bits per heavy atom. The highest BCUT2D eigenvalue weighted by molar-refractivity contribution is 7.22. The molecule has 0 aliphatic rings. The summed E-state index contributed by atoms with van der Waals surface area (Å²) in [5.41, 5.74) is 4.73. The largest absolute Gasteiger partial charge is 0.360 e. The Kier molecular flexibility index (Phi) is 5.02. The Labute approximate surface area is 172 Å². The molecule has 4 rings (SSSR count). The second kappa shape index (κ2) is 7.63. The van der Waals surface area contributed by atoms with Crippen molar-refractivity contribution in [3.05, 3.63) is 53.6 Å². The fraction of sp³-hybridized carbons (Fsp3) is 0.238. The third kappa shape index (κ3) is 3.58. The van der Waals surface area contributed by atoms with Crippen LogP contribution in [-0.2, 0) is 11.8 Å². The van der Waals surface area contributed by atoms with Gasteiger partial charge in [0.05, 0.1) is 29.0 Å². The van der Waals surface area contributed by atoms with Crippen LogP contribution in [0.4, 0.5) is 11.5 Å². The number of aryl methyl sites for hydroxylation is 3. The second-order valence-electron chi connectivity index (χ2n) is 6.90. The number of aromatic nitrogens is 4. The normalized spacial score (nSPS) is 11.0. The number of benzene rings is 1. The Morgan fingerprint density at radius 1 is 1.14 bits per heavy atom. The summed E-state index contributed by atoms with van der Waals surface area (Å²) in [4.78, 5) is 23.4. The number of hydrogen-bond acceptors (Lipinski definition) is 6. The fourth-order valence-corrected chi connectivity index (χ4v) is 4.53. The first-order valence-corrected chi connectivity index (χ1v) is 10.1. The van der Waals surface area contributed by atoms with E-state index in [4.69, 9.17) is 0 Å². The lowest BCUT2D eigenvalue weighted by Crippen LogP contribution is -2.23. The van der Waals surface area contributed by atoms with Crippen molar-refractivity contribution in [1.82, 2.24) is 19.7 Å². The standard InChI is InChI=1S/C21H22N6OS/c1-12-17-20(22-10-16(28)25-18-13(2)26-27(4)14(18)3)23-11-24-21(17)29-19(12)15-8-6-5-7-9-15/h5-9,11H,10H2,1-4H3,(H,25,28)(H,22,23,24). The fourth-order valence-electron chi connectivity index (χ4n) is 3.37. The molecule has 3 heterocycles. The molecule has 1 amide bonds. The van der Waals surface area contributed by atoms with Crippen molar-refractivity contribution in [2.24, 2.45) is 7.05 Å². The van der Waals surface area contributed by atoms with Gasteiger partial charge in [0.1, 0.15) is 17.0 Å². The number of nitrogens with one attached hydrogen (secondary N) is 2. The van der Waals surface area contributed by atoms with Crippen LogP contribution in [-0.4, -0.2) is 32.2 Å². The SMILES string of the molecule is Cc1nn(C)c(C)c1NC(=O)CNc1ncnc2sc(-c3ccccc3)c(C)c12. The molecule has 0 atom stereocenters. The number of carbonyl (C=O) groups excluding carboxylic acids is 1. The van der Waals surface area contributed by atoms with Gasteiger partial charge in [0.25, 0.3) is 0 Å². The molecule has 8 heteroatoms. The van der Waals surface area contributed by atoms with Crippen molar-refractivity contribution in [1.29, 1.82) is 0 Å². The summed E-state index contributed by atoms with van der Waals surface area (Å²) in [7, 11) is 1.86. The quantitative estimate of drug-likeness (QED) is 0.522. The van der Waals surface area contributed by atoms with E-state index in [1.165, 1.54) is 6.33 Å². The first kappa shape index (κ1) is 19.1. The molecule has 29 heavy (non-hydrogen) atoms. The van der Waals surface area contributed by atoms with Crippen LogP contribution in [0.25, 0.3) is 20.7 Å². The third-order valence-electron chi connectivity index (χ3n) is 4.95. The van der Waals surface area contributed by atoms with Gasteiger partial charge >= 0.3 is 0 Å². The van der Waals surface area contributed by atoms with Gasteiger partial charge in [-0.25, -0.2) is 9.97 Å². The van der Waals surface area contributed by atoms with Crippen molar-refractivity contribution < 1.29 is 4.79 Å². The van der Waals surface area contributed by atoms with Crippen LogP contribution in [0.15, 0.2) is 36.7 Å². The zero-order valence-electron chi connectivity index (χ0n) is 16.8. The summed E-state index contributed by atoms with van der Waals surface area (Å²) < 4.78 is 1.76. The van der Waals surface area contributed by atoms with E-state index in [1.54, 1.807) is 16.0 Å². The van der Waals surface area contributed by atoms with Crippen LogP contribution in [0, 0.1) is 20.8 Å². The van der Waals surface area contributed by atoms with Crippen molar-refractivity contribution >= 4 is 39.0 Å². The number of rotatable bonds is 5. The van der Waals surface area contributed by atoms with Crippen LogP contribution >= 0.6 is 11.3 Å². The smallest absolute Gasteiger partial charge is 0.243 e. The highest BCUT2D eigenvalue weighted by Crippen LogP contribution is 2.39. The number of hydrogen-bond donors (Lipinski definition) is 2. The van der Waals surface area contributed by atoms with E-state index in [9.17, 15) is 4.79 Å². The minimum Gasteiger partial charge on any atom is -0.360 e. The number of thiophene rings is 1. The first-order valence-electron chi connectivity index (χ1n) is 9.29. The molecule has 2 N–H and O–H groups in total. The minimum absolute atomic E-state index is 0.107. The maximum absolute atomic E-state index is 12.5. The van der Waals surface area contributed by atoms with Gasteiger partial charge in [0.15, 0.2) is 0 Å². The maximum atomic E-state index is 12.5. The van der Waals surface area contributed by atoms with Gasteiger partial charge < -0.3 is 10.6 Å². The van der Waals surface area contributed by atoms with Gasteiger partial charge in [0, 0.05) is 11.9 Å². The summed E-state index contributed by atoms with van der Waals surface area (Å²) in [5, 5.41) is 11.4. The monoisotopic (exact) mass is 406 g/mol. The molecule has 7 nitrogen and oxygen atoms in total. The lowest BCUT2D eigenvalue weighted by atomic mass is 10.1. The lowest BCUT2D eigenvalue weighted by molar-refractivity contribution is -0.114. The van der Waals surface area contributed by atoms with Crippen molar-refractivity contribution in [2.45, 2.75) is 20.8 Å². The molecule has 0 unspecified atom stereocenters. The van der Waals surface area contributed by atoms with E-state index in [2.05, 4.69) is 44.8 Å². The molecule has 4 aromatic rings. The van der Waals surface area contributed by atoms with Gasteiger partial charge in [-0.1, -0.05) is 30.3 Å². The highest BCUT2D eigenvalue weighted by Gasteiger charge is 2.17. The van der Waals surface area contributed by atoms with Crippen LogP contribution in [0.2, 0.25) is 0 Å². The van der Waals surface area contributed by atoms with Gasteiger partial charge in [-0.2, -0.15) is 5.10 Å². The van der Waals surface area contributed by atoms with Crippen molar-refractivity contribution in [3.63, 3.8) is 0 Å². The van der Waals surface area contributed by atoms with E-state index in [0.29, 0.717) is 5.82 Å². The predicted molar refractivity (Wildman–Crippen MR) is 117 cm³/mol. The molecule has 0 spiro atoms. The summed E-state index contributed by atoms with van der Waals surface area (Å²) >= 11 is 1.63. The summed E-state index contributed by atoms with van der Waals surface area (Å²) in [5.74, 6) is 0.521. The first-order chi connectivity index (χ1) is 14.0. The van der Waals surface area contributed by atoms with E-state index in [1.807, 2.05) is 39.1 Å². The Bertz CT molecular complexity index is 1200. The van der Waals surface area contributed by atoms with E-state index in [-0.39, 0.29) is 12.5 Å². The summed E-state index contributed by atoms with van der Waals surface area (Å²) in [6, 6.07) is 10.2. The Balaban J connectivity index is 1.57. The molecule has 148 valence electrons. The van der Waals surface area contributed by atoms with Crippen molar-refractivity contribution in [3.8, 4) is 10.4 Å². The highest BCUT2D eigenvalue weighted by atomic mass is 32.1. The zero-order valence-corrected chi connectivity index (χ0v) is 17.6. The molecule has 0 radical (unpaired) electrons. The number of anilines is 2. The minimum atomic E-state index is -0.146. The second-order valence-corrected chi connectivity index (χ2v) is 7.89. The van der Waals surface area contributed by atoms with Crippen LogP contribution in [0.5, 0.6) is 0 Å². The Morgan fingerprint density at radius 2 is 1.90 bits per heavy atom. The topological polar surface area (TPSA) is 84.7 Å². The molecule has 0 bridgehead atoms. The molecule has 0 saturated heterocycles. The summed E-state index contributed by atoms with van der Waals surface area (Å²) in [6.45, 7) is 5.98. The van der Waals surface area contributed by atoms with Gasteiger partial charge in [-0.3, -0.25) is 9.48 Å². The number of nitrogens with zero attached hydrogens (tertiary/aromatic N) is 4. The number of amides is 1. The molecular weight excluding hydrogens is 384 g/mol. The molecule has 3 aromatic heterocycles. The average molecular weight is 407 g/mol. The predicted octanol–water partition coefficient (Wildman–Crippen LogP) is 4.07. The van der Waals surface area contributed by atoms with E-state index < -0.39 is 0 Å². The van der Waals surface area contributed by atoms with Gasteiger partial charge in [0.2, 0.25) is 5.91 Å². The van der Waals surface area contributed by atoms with E-state index in [0.717, 1.165) is 43.3 Å². The number of carbonyl (C=O) groups is 1. The zero-order chi connectivity index (χ0) is 20.5. The van der Waals surface area contributed by atoms with Gasteiger partial charge in [-0.05, 0) is 31.9 Å². The maximum Gasteiger partial charge on any atom is 0.243 e. The van der Waals surface area contributed by atoms with Crippen LogP contribution < -0.4 is 10.6 Å². The molecule has 0 aliphatic carbocycles. The summed E-state index contributed by atoms with van der Waals surface area (Å²) in [6.07, 6.45) is 1.53.